The zero-order valence-electron chi connectivity index (χ0n) is 11.6. The molecule has 3 aromatic carbocycles. The Labute approximate surface area is 128 Å². The Morgan fingerprint density at radius 3 is 2.43 bits per heavy atom. The molecule has 2 nitrogen and oxygen atoms in total. The van der Waals surface area contributed by atoms with E-state index in [0.29, 0.717) is 10.6 Å². The SMILES string of the molecule is COc1ccc2cc(C(O)c3ccccc3Cl)ccc2c1. The van der Waals surface area contributed by atoms with Crippen LogP contribution in [0.15, 0.2) is 60.7 Å². The lowest BCUT2D eigenvalue weighted by atomic mass is 9.98. The minimum atomic E-state index is -0.731. The third-order valence-corrected chi connectivity index (χ3v) is 3.93. The normalized spacial score (nSPS) is 12.3. The summed E-state index contributed by atoms with van der Waals surface area (Å²) in [4.78, 5) is 0. The summed E-state index contributed by atoms with van der Waals surface area (Å²) in [7, 11) is 1.65. The van der Waals surface area contributed by atoms with Crippen molar-refractivity contribution in [3.05, 3.63) is 76.8 Å². The monoisotopic (exact) mass is 298 g/mol. The van der Waals surface area contributed by atoms with E-state index in [1.54, 1.807) is 13.2 Å². The van der Waals surface area contributed by atoms with Gasteiger partial charge in [-0.3, -0.25) is 0 Å². The standard InChI is InChI=1S/C18H15ClO2/c1-21-15-9-8-12-10-14(7-6-13(12)11-15)18(20)16-4-2-3-5-17(16)19/h2-11,18,20H,1H3. The van der Waals surface area contributed by atoms with E-state index in [1.807, 2.05) is 54.6 Å². The summed E-state index contributed by atoms with van der Waals surface area (Å²) in [6.45, 7) is 0. The first-order chi connectivity index (χ1) is 10.2. The highest BCUT2D eigenvalue weighted by molar-refractivity contribution is 6.31. The van der Waals surface area contributed by atoms with Crippen LogP contribution in [-0.2, 0) is 0 Å². The van der Waals surface area contributed by atoms with Crippen molar-refractivity contribution in [2.45, 2.75) is 6.10 Å². The fourth-order valence-corrected chi connectivity index (χ4v) is 2.65. The van der Waals surface area contributed by atoms with Crippen molar-refractivity contribution >= 4 is 22.4 Å². The van der Waals surface area contributed by atoms with Crippen LogP contribution in [0.4, 0.5) is 0 Å². The van der Waals surface area contributed by atoms with E-state index in [4.69, 9.17) is 16.3 Å². The van der Waals surface area contributed by atoms with E-state index < -0.39 is 6.10 Å². The second kappa shape index (κ2) is 5.76. The summed E-state index contributed by atoms with van der Waals surface area (Å²) in [6, 6.07) is 19.1. The zero-order chi connectivity index (χ0) is 14.8. The third kappa shape index (κ3) is 2.73. The number of halogens is 1. The molecule has 1 N–H and O–H groups in total. The van der Waals surface area contributed by atoms with Gasteiger partial charge >= 0.3 is 0 Å². The molecule has 0 bridgehead atoms. The quantitative estimate of drug-likeness (QED) is 0.766. The topological polar surface area (TPSA) is 29.5 Å². The van der Waals surface area contributed by atoms with Gasteiger partial charge in [0.15, 0.2) is 0 Å². The fourth-order valence-electron chi connectivity index (χ4n) is 2.42. The molecule has 3 aromatic rings. The van der Waals surface area contributed by atoms with Crippen LogP contribution in [0.1, 0.15) is 17.2 Å². The molecule has 21 heavy (non-hydrogen) atoms. The van der Waals surface area contributed by atoms with Crippen molar-refractivity contribution < 1.29 is 9.84 Å². The van der Waals surface area contributed by atoms with Gasteiger partial charge in [0.1, 0.15) is 11.9 Å². The molecule has 3 heteroatoms. The molecule has 1 atom stereocenters. The Morgan fingerprint density at radius 1 is 0.952 bits per heavy atom. The Bertz CT molecular complexity index is 783. The van der Waals surface area contributed by atoms with Crippen LogP contribution >= 0.6 is 11.6 Å². The van der Waals surface area contributed by atoms with Crippen LogP contribution in [-0.4, -0.2) is 12.2 Å². The van der Waals surface area contributed by atoms with Crippen LogP contribution in [0.5, 0.6) is 5.75 Å². The second-order valence-electron chi connectivity index (χ2n) is 4.90. The summed E-state index contributed by atoms with van der Waals surface area (Å²) in [5.74, 6) is 0.821. The largest absolute Gasteiger partial charge is 0.497 e. The second-order valence-corrected chi connectivity index (χ2v) is 5.30. The predicted molar refractivity (Wildman–Crippen MR) is 86.0 cm³/mol. The maximum atomic E-state index is 10.5. The van der Waals surface area contributed by atoms with E-state index in [9.17, 15) is 5.11 Å². The number of fused-ring (bicyclic) bond motifs is 1. The average Bonchev–Trinajstić information content (AvgIpc) is 2.53. The minimum Gasteiger partial charge on any atom is -0.497 e. The maximum Gasteiger partial charge on any atom is 0.119 e. The molecule has 1 unspecified atom stereocenters. The van der Waals surface area contributed by atoms with Crippen molar-refractivity contribution in [3.8, 4) is 5.75 Å². The summed E-state index contributed by atoms with van der Waals surface area (Å²) in [5.41, 5.74) is 1.53. The first-order valence-corrected chi connectivity index (χ1v) is 7.07. The molecule has 0 aliphatic rings. The van der Waals surface area contributed by atoms with Gasteiger partial charge in [-0.05, 0) is 40.6 Å². The van der Waals surface area contributed by atoms with Crippen molar-refractivity contribution in [1.82, 2.24) is 0 Å². The van der Waals surface area contributed by atoms with Crippen molar-refractivity contribution in [2.24, 2.45) is 0 Å². The van der Waals surface area contributed by atoms with Crippen LogP contribution < -0.4 is 4.74 Å². The van der Waals surface area contributed by atoms with Gasteiger partial charge in [0.25, 0.3) is 0 Å². The molecular weight excluding hydrogens is 284 g/mol. The number of hydrogen-bond acceptors (Lipinski definition) is 2. The first-order valence-electron chi connectivity index (χ1n) is 6.69. The number of methoxy groups -OCH3 is 1. The number of rotatable bonds is 3. The zero-order valence-corrected chi connectivity index (χ0v) is 12.3. The van der Waals surface area contributed by atoms with E-state index in [0.717, 1.165) is 22.1 Å². The molecule has 0 saturated heterocycles. The molecule has 106 valence electrons. The molecule has 0 radical (unpaired) electrons. The van der Waals surface area contributed by atoms with Crippen LogP contribution in [0, 0.1) is 0 Å². The lowest BCUT2D eigenvalue weighted by Gasteiger charge is -2.14. The lowest BCUT2D eigenvalue weighted by Crippen LogP contribution is -2.00. The Hall–Kier alpha value is -2.03. The summed E-state index contributed by atoms with van der Waals surface area (Å²) >= 11 is 6.15. The van der Waals surface area contributed by atoms with Crippen LogP contribution in [0.3, 0.4) is 0 Å². The number of ether oxygens (including phenoxy) is 1. The summed E-state index contributed by atoms with van der Waals surface area (Å²) in [5, 5.41) is 13.2. The molecule has 0 saturated carbocycles. The highest BCUT2D eigenvalue weighted by atomic mass is 35.5. The Morgan fingerprint density at radius 2 is 1.67 bits per heavy atom. The molecule has 0 heterocycles. The Balaban J connectivity index is 2.03. The van der Waals surface area contributed by atoms with Gasteiger partial charge in [-0.25, -0.2) is 0 Å². The van der Waals surface area contributed by atoms with Crippen molar-refractivity contribution in [1.29, 1.82) is 0 Å². The van der Waals surface area contributed by atoms with Crippen LogP contribution in [0.2, 0.25) is 5.02 Å². The predicted octanol–water partition coefficient (Wildman–Crippen LogP) is 4.58. The van der Waals surface area contributed by atoms with Gasteiger partial charge < -0.3 is 9.84 Å². The molecule has 0 aliphatic carbocycles. The highest BCUT2D eigenvalue weighted by Crippen LogP contribution is 2.30. The number of benzene rings is 3. The van der Waals surface area contributed by atoms with Gasteiger partial charge in [-0.1, -0.05) is 48.0 Å². The smallest absolute Gasteiger partial charge is 0.119 e. The van der Waals surface area contributed by atoms with Gasteiger partial charge in [0.05, 0.1) is 7.11 Å². The lowest BCUT2D eigenvalue weighted by molar-refractivity contribution is 0.220. The Kier molecular flexibility index (Phi) is 3.82. The van der Waals surface area contributed by atoms with Gasteiger partial charge in [-0.2, -0.15) is 0 Å². The van der Waals surface area contributed by atoms with E-state index in [2.05, 4.69) is 0 Å². The van der Waals surface area contributed by atoms with Gasteiger partial charge in [0.2, 0.25) is 0 Å². The molecule has 0 spiro atoms. The molecule has 3 rings (SSSR count). The molecule has 0 fully saturated rings. The number of aliphatic hydroxyl groups excluding tert-OH is 1. The van der Waals surface area contributed by atoms with Crippen LogP contribution in [0.25, 0.3) is 10.8 Å². The molecular formula is C18H15ClO2. The minimum absolute atomic E-state index is 0.569. The maximum absolute atomic E-state index is 10.5. The van der Waals surface area contributed by atoms with Crippen molar-refractivity contribution in [2.75, 3.05) is 7.11 Å². The average molecular weight is 299 g/mol. The highest BCUT2D eigenvalue weighted by Gasteiger charge is 2.13. The van der Waals surface area contributed by atoms with Gasteiger partial charge in [-0.15, -0.1) is 0 Å². The molecule has 0 aromatic heterocycles. The first kappa shape index (κ1) is 13.9. The number of hydrogen-bond donors (Lipinski definition) is 1. The summed E-state index contributed by atoms with van der Waals surface area (Å²) in [6.07, 6.45) is -0.731. The fraction of sp³-hybridized carbons (Fsp3) is 0.111. The van der Waals surface area contributed by atoms with E-state index in [-0.39, 0.29) is 0 Å². The van der Waals surface area contributed by atoms with Crippen molar-refractivity contribution in [3.63, 3.8) is 0 Å². The van der Waals surface area contributed by atoms with E-state index in [1.165, 1.54) is 0 Å². The third-order valence-electron chi connectivity index (χ3n) is 3.59. The summed E-state index contributed by atoms with van der Waals surface area (Å²) < 4.78 is 5.22. The molecule has 0 aliphatic heterocycles. The molecule has 0 amide bonds. The van der Waals surface area contributed by atoms with E-state index >= 15 is 0 Å². The van der Waals surface area contributed by atoms with Gasteiger partial charge in [0, 0.05) is 10.6 Å². The number of aliphatic hydroxyl groups is 1.